The molecule has 0 saturated carbocycles. The molecule has 102 valence electrons. The zero-order valence-corrected chi connectivity index (χ0v) is 10.5. The quantitative estimate of drug-likeness (QED) is 0.643. The van der Waals surface area contributed by atoms with Gasteiger partial charge in [-0.05, 0) is 19.1 Å². The number of benzene rings is 1. The van der Waals surface area contributed by atoms with Crippen LogP contribution >= 0.6 is 0 Å². The Balaban J connectivity index is 2.42. The summed E-state index contributed by atoms with van der Waals surface area (Å²) < 4.78 is 13.4. The van der Waals surface area contributed by atoms with Crippen molar-refractivity contribution >= 4 is 11.6 Å². The Hall–Kier alpha value is -2.02. The number of nitro benzene ring substituents is 1. The fourth-order valence-corrected chi connectivity index (χ4v) is 2.18. The molecule has 0 aromatic heterocycles. The maximum atomic E-state index is 13.4. The minimum atomic E-state index is -0.637. The Morgan fingerprint density at radius 1 is 1.42 bits per heavy atom. The van der Waals surface area contributed by atoms with Gasteiger partial charge in [0.25, 0.3) is 11.6 Å². The summed E-state index contributed by atoms with van der Waals surface area (Å²) in [6.45, 7) is 3.62. The van der Waals surface area contributed by atoms with Crippen molar-refractivity contribution in [3.63, 3.8) is 0 Å². The van der Waals surface area contributed by atoms with Crippen molar-refractivity contribution in [2.45, 2.75) is 6.92 Å². The number of rotatable bonds is 2. The number of amides is 1. The second kappa shape index (κ2) is 5.31. The molecule has 6 nitrogen and oxygen atoms in total. The van der Waals surface area contributed by atoms with E-state index in [1.165, 1.54) is 11.8 Å². The summed E-state index contributed by atoms with van der Waals surface area (Å²) in [7, 11) is 0. The van der Waals surface area contributed by atoms with Crippen molar-refractivity contribution in [1.82, 2.24) is 10.2 Å². The third-order valence-corrected chi connectivity index (χ3v) is 3.08. The van der Waals surface area contributed by atoms with Crippen LogP contribution in [0, 0.1) is 22.9 Å². The Kier molecular flexibility index (Phi) is 3.75. The van der Waals surface area contributed by atoms with E-state index in [1.54, 1.807) is 0 Å². The summed E-state index contributed by atoms with van der Waals surface area (Å²) >= 11 is 0. The standard InChI is InChI=1S/C12H14FN3O3/c1-8-6-9(13)7-10(11(8)16(18)19)12(17)15-4-2-14-3-5-15/h6-7,14H,2-5H2,1H3. The lowest BCUT2D eigenvalue weighted by molar-refractivity contribution is -0.385. The minimum Gasteiger partial charge on any atom is -0.336 e. The Morgan fingerprint density at radius 3 is 2.63 bits per heavy atom. The first-order chi connectivity index (χ1) is 9.00. The van der Waals surface area contributed by atoms with Crippen molar-refractivity contribution in [2.24, 2.45) is 0 Å². The molecule has 1 heterocycles. The predicted octanol–water partition coefficient (Wildman–Crippen LogP) is 1.09. The number of nitro groups is 1. The molecular weight excluding hydrogens is 253 g/mol. The highest BCUT2D eigenvalue weighted by Gasteiger charge is 2.28. The van der Waals surface area contributed by atoms with E-state index in [-0.39, 0.29) is 16.8 Å². The Morgan fingerprint density at radius 2 is 2.05 bits per heavy atom. The SMILES string of the molecule is Cc1cc(F)cc(C(=O)N2CCNCC2)c1[N+](=O)[O-]. The molecule has 0 bridgehead atoms. The lowest BCUT2D eigenvalue weighted by atomic mass is 10.1. The van der Waals surface area contributed by atoms with Gasteiger partial charge in [-0.2, -0.15) is 0 Å². The fraction of sp³-hybridized carbons (Fsp3) is 0.417. The van der Waals surface area contributed by atoms with Crippen molar-refractivity contribution in [3.05, 3.63) is 39.2 Å². The van der Waals surface area contributed by atoms with Gasteiger partial charge < -0.3 is 10.2 Å². The molecule has 0 spiro atoms. The molecule has 1 aliphatic heterocycles. The Labute approximate surface area is 109 Å². The van der Waals surface area contributed by atoms with Crippen LogP contribution in [0.3, 0.4) is 0 Å². The normalized spacial score (nSPS) is 15.4. The summed E-state index contributed by atoms with van der Waals surface area (Å²) in [6.07, 6.45) is 0. The van der Waals surface area contributed by atoms with Crippen molar-refractivity contribution in [2.75, 3.05) is 26.2 Å². The first-order valence-electron chi connectivity index (χ1n) is 5.95. The van der Waals surface area contributed by atoms with Crippen LogP contribution in [0.5, 0.6) is 0 Å². The maximum absolute atomic E-state index is 13.4. The van der Waals surface area contributed by atoms with Gasteiger partial charge in [0.2, 0.25) is 0 Å². The molecule has 1 saturated heterocycles. The van der Waals surface area contributed by atoms with Crippen LogP contribution in [0.25, 0.3) is 0 Å². The van der Waals surface area contributed by atoms with E-state index in [9.17, 15) is 19.3 Å². The lowest BCUT2D eigenvalue weighted by Gasteiger charge is -2.27. The summed E-state index contributed by atoms with van der Waals surface area (Å²) in [5.74, 6) is -1.13. The molecule has 1 aliphatic rings. The number of hydrogen-bond acceptors (Lipinski definition) is 4. The third kappa shape index (κ3) is 2.70. The molecule has 0 atom stereocenters. The average molecular weight is 267 g/mol. The van der Waals surface area contributed by atoms with E-state index in [1.807, 2.05) is 0 Å². The zero-order chi connectivity index (χ0) is 14.0. The summed E-state index contributed by atoms with van der Waals surface area (Å²) in [5.41, 5.74) is -0.335. The minimum absolute atomic E-state index is 0.156. The number of hydrogen-bond donors (Lipinski definition) is 1. The maximum Gasteiger partial charge on any atom is 0.285 e. The van der Waals surface area contributed by atoms with Gasteiger partial charge in [0.15, 0.2) is 0 Å². The van der Waals surface area contributed by atoms with Gasteiger partial charge >= 0.3 is 0 Å². The molecular formula is C12H14FN3O3. The van der Waals surface area contributed by atoms with Crippen LogP contribution in [0.1, 0.15) is 15.9 Å². The van der Waals surface area contributed by atoms with E-state index < -0.39 is 16.6 Å². The zero-order valence-electron chi connectivity index (χ0n) is 10.5. The molecule has 1 N–H and O–H groups in total. The van der Waals surface area contributed by atoms with Crippen LogP contribution in [-0.2, 0) is 0 Å². The second-order valence-corrected chi connectivity index (χ2v) is 4.42. The number of aryl methyl sites for hydroxylation is 1. The van der Waals surface area contributed by atoms with Gasteiger partial charge in [0, 0.05) is 31.7 Å². The van der Waals surface area contributed by atoms with E-state index in [0.29, 0.717) is 26.2 Å². The average Bonchev–Trinajstić information content (AvgIpc) is 2.37. The monoisotopic (exact) mass is 267 g/mol. The highest BCUT2D eigenvalue weighted by atomic mass is 19.1. The van der Waals surface area contributed by atoms with Gasteiger partial charge in [-0.25, -0.2) is 4.39 Å². The van der Waals surface area contributed by atoms with Crippen LogP contribution < -0.4 is 5.32 Å². The molecule has 0 radical (unpaired) electrons. The smallest absolute Gasteiger partial charge is 0.285 e. The first kappa shape index (κ1) is 13.4. The molecule has 2 rings (SSSR count). The number of halogens is 1. The van der Waals surface area contributed by atoms with Gasteiger partial charge in [-0.3, -0.25) is 14.9 Å². The van der Waals surface area contributed by atoms with E-state index in [0.717, 1.165) is 12.1 Å². The Bertz CT molecular complexity index is 527. The molecule has 1 aromatic rings. The van der Waals surface area contributed by atoms with Crippen LogP contribution in [0.15, 0.2) is 12.1 Å². The molecule has 1 amide bonds. The van der Waals surface area contributed by atoms with Crippen LogP contribution in [0.4, 0.5) is 10.1 Å². The first-order valence-corrected chi connectivity index (χ1v) is 5.95. The summed E-state index contributed by atoms with van der Waals surface area (Å²) in [4.78, 5) is 24.2. The molecule has 0 aliphatic carbocycles. The lowest BCUT2D eigenvalue weighted by Crippen LogP contribution is -2.46. The fourth-order valence-electron chi connectivity index (χ4n) is 2.18. The summed E-state index contributed by atoms with van der Waals surface area (Å²) in [5, 5.41) is 14.1. The molecule has 1 aromatic carbocycles. The van der Waals surface area contributed by atoms with Crippen LogP contribution in [-0.4, -0.2) is 41.9 Å². The molecule has 1 fully saturated rings. The second-order valence-electron chi connectivity index (χ2n) is 4.42. The topological polar surface area (TPSA) is 75.5 Å². The van der Waals surface area contributed by atoms with Crippen LogP contribution in [0.2, 0.25) is 0 Å². The number of nitrogens with zero attached hydrogens (tertiary/aromatic N) is 2. The van der Waals surface area contributed by atoms with E-state index >= 15 is 0 Å². The van der Waals surface area contributed by atoms with Gasteiger partial charge in [0.1, 0.15) is 11.4 Å². The highest BCUT2D eigenvalue weighted by molar-refractivity contribution is 5.98. The predicted molar refractivity (Wildman–Crippen MR) is 66.6 cm³/mol. The number of piperazine rings is 1. The van der Waals surface area contributed by atoms with Crippen molar-refractivity contribution < 1.29 is 14.1 Å². The third-order valence-electron chi connectivity index (χ3n) is 3.08. The largest absolute Gasteiger partial charge is 0.336 e. The number of carbonyl (C=O) groups excluding carboxylic acids is 1. The molecule has 7 heteroatoms. The van der Waals surface area contributed by atoms with Crippen molar-refractivity contribution in [3.8, 4) is 0 Å². The highest BCUT2D eigenvalue weighted by Crippen LogP contribution is 2.26. The van der Waals surface area contributed by atoms with Gasteiger partial charge in [0.05, 0.1) is 4.92 Å². The van der Waals surface area contributed by atoms with Gasteiger partial charge in [-0.1, -0.05) is 0 Å². The molecule has 19 heavy (non-hydrogen) atoms. The number of carbonyl (C=O) groups is 1. The van der Waals surface area contributed by atoms with Gasteiger partial charge in [-0.15, -0.1) is 0 Å². The van der Waals surface area contributed by atoms with Crippen molar-refractivity contribution in [1.29, 1.82) is 0 Å². The summed E-state index contributed by atoms with van der Waals surface area (Å²) in [6, 6.07) is 2.00. The number of nitrogens with one attached hydrogen (secondary N) is 1. The molecule has 0 unspecified atom stereocenters. The van der Waals surface area contributed by atoms with E-state index in [2.05, 4.69) is 5.32 Å². The van der Waals surface area contributed by atoms with E-state index in [4.69, 9.17) is 0 Å².